The molecule has 0 atom stereocenters. The van der Waals surface area contributed by atoms with Crippen LogP contribution in [-0.2, 0) is 4.79 Å². The van der Waals surface area contributed by atoms with E-state index in [-0.39, 0.29) is 5.92 Å². The van der Waals surface area contributed by atoms with E-state index in [0.717, 1.165) is 25.7 Å². The standard InChI is InChI=1S/C12H22O2/c13-12(14)11-9-7-5-3-1-2-4-6-8-10-11/h11H,1-10H2,(H,13,14). The lowest BCUT2D eigenvalue weighted by atomic mass is 9.96. The second kappa shape index (κ2) is 6.86. The van der Waals surface area contributed by atoms with Gasteiger partial charge >= 0.3 is 5.97 Å². The Kier molecular flexibility index (Phi) is 5.65. The van der Waals surface area contributed by atoms with E-state index < -0.39 is 5.97 Å². The van der Waals surface area contributed by atoms with Crippen molar-refractivity contribution >= 4 is 5.97 Å². The molecule has 0 unspecified atom stereocenters. The van der Waals surface area contributed by atoms with Crippen molar-refractivity contribution in [1.82, 2.24) is 0 Å². The molecule has 82 valence electrons. The second-order valence-corrected chi connectivity index (χ2v) is 4.44. The minimum Gasteiger partial charge on any atom is -0.481 e. The summed E-state index contributed by atoms with van der Waals surface area (Å²) >= 11 is 0. The third-order valence-electron chi connectivity index (χ3n) is 3.20. The van der Waals surface area contributed by atoms with Gasteiger partial charge in [0.25, 0.3) is 0 Å². The Balaban J connectivity index is 2.31. The summed E-state index contributed by atoms with van der Waals surface area (Å²) in [5, 5.41) is 8.99. The van der Waals surface area contributed by atoms with Gasteiger partial charge in [-0.05, 0) is 12.8 Å². The van der Waals surface area contributed by atoms with Crippen LogP contribution in [0.15, 0.2) is 0 Å². The Morgan fingerprint density at radius 1 is 0.786 bits per heavy atom. The first-order chi connectivity index (χ1) is 6.80. The molecule has 0 aromatic rings. The average Bonchev–Trinajstić information content (AvgIpc) is 2.21. The number of carboxylic acid groups (broad SMARTS) is 1. The molecule has 1 aliphatic rings. The van der Waals surface area contributed by atoms with Crippen LogP contribution in [0, 0.1) is 5.92 Å². The van der Waals surface area contributed by atoms with Crippen LogP contribution >= 0.6 is 0 Å². The Morgan fingerprint density at radius 2 is 1.14 bits per heavy atom. The van der Waals surface area contributed by atoms with E-state index >= 15 is 0 Å². The molecule has 14 heavy (non-hydrogen) atoms. The minimum atomic E-state index is -0.579. The molecule has 2 heteroatoms. The number of hydrogen-bond acceptors (Lipinski definition) is 1. The van der Waals surface area contributed by atoms with Gasteiger partial charge < -0.3 is 5.11 Å². The Morgan fingerprint density at radius 3 is 1.50 bits per heavy atom. The lowest BCUT2D eigenvalue weighted by molar-refractivity contribution is -0.142. The van der Waals surface area contributed by atoms with Crippen LogP contribution in [0.4, 0.5) is 0 Å². The van der Waals surface area contributed by atoms with Crippen molar-refractivity contribution in [3.63, 3.8) is 0 Å². The smallest absolute Gasteiger partial charge is 0.306 e. The summed E-state index contributed by atoms with van der Waals surface area (Å²) in [6, 6.07) is 0. The quantitative estimate of drug-likeness (QED) is 0.699. The largest absolute Gasteiger partial charge is 0.481 e. The highest BCUT2D eigenvalue weighted by Gasteiger charge is 2.16. The zero-order valence-electron chi connectivity index (χ0n) is 9.00. The highest BCUT2D eigenvalue weighted by Crippen LogP contribution is 2.21. The molecule has 0 heterocycles. The molecule has 0 saturated heterocycles. The summed E-state index contributed by atoms with van der Waals surface area (Å²) in [6.45, 7) is 0. The lowest BCUT2D eigenvalue weighted by Gasteiger charge is -2.10. The van der Waals surface area contributed by atoms with E-state index in [1.807, 2.05) is 0 Å². The lowest BCUT2D eigenvalue weighted by Crippen LogP contribution is -2.13. The van der Waals surface area contributed by atoms with E-state index in [4.69, 9.17) is 5.11 Å². The molecule has 1 N–H and O–H groups in total. The second-order valence-electron chi connectivity index (χ2n) is 4.44. The van der Waals surface area contributed by atoms with E-state index in [2.05, 4.69) is 0 Å². The summed E-state index contributed by atoms with van der Waals surface area (Å²) in [6.07, 6.45) is 11.8. The van der Waals surface area contributed by atoms with E-state index in [0.29, 0.717) is 0 Å². The molecule has 0 bridgehead atoms. The maximum absolute atomic E-state index is 10.9. The number of carboxylic acids is 1. The highest BCUT2D eigenvalue weighted by atomic mass is 16.4. The third-order valence-corrected chi connectivity index (χ3v) is 3.20. The first-order valence-corrected chi connectivity index (χ1v) is 6.03. The molecule has 0 aromatic carbocycles. The van der Waals surface area contributed by atoms with Gasteiger partial charge in [0.05, 0.1) is 5.92 Å². The van der Waals surface area contributed by atoms with Crippen LogP contribution in [0.3, 0.4) is 0 Å². The van der Waals surface area contributed by atoms with Crippen LogP contribution in [0.2, 0.25) is 0 Å². The first-order valence-electron chi connectivity index (χ1n) is 6.03. The van der Waals surface area contributed by atoms with Gasteiger partial charge in [-0.15, -0.1) is 0 Å². The number of rotatable bonds is 1. The molecular weight excluding hydrogens is 176 g/mol. The normalized spacial score (nSPS) is 22.6. The average molecular weight is 198 g/mol. The third kappa shape index (κ3) is 4.64. The molecule has 1 fully saturated rings. The van der Waals surface area contributed by atoms with Crippen LogP contribution in [0.1, 0.15) is 64.2 Å². The molecule has 1 rings (SSSR count). The summed E-state index contributed by atoms with van der Waals surface area (Å²) in [7, 11) is 0. The Hall–Kier alpha value is -0.530. The fourth-order valence-electron chi connectivity index (χ4n) is 2.23. The first kappa shape index (κ1) is 11.5. The van der Waals surface area contributed by atoms with Gasteiger partial charge in [-0.2, -0.15) is 0 Å². The predicted octanol–water partition coefficient (Wildman–Crippen LogP) is 3.60. The van der Waals surface area contributed by atoms with Gasteiger partial charge in [-0.1, -0.05) is 51.4 Å². The molecule has 2 nitrogen and oxygen atoms in total. The molecule has 0 spiro atoms. The Bertz CT molecular complexity index is 154. The monoisotopic (exact) mass is 198 g/mol. The number of aliphatic carboxylic acids is 1. The molecule has 1 aliphatic carbocycles. The molecule has 0 aromatic heterocycles. The zero-order chi connectivity index (χ0) is 10.2. The molecule has 0 aliphatic heterocycles. The van der Waals surface area contributed by atoms with Gasteiger partial charge in [0.1, 0.15) is 0 Å². The number of hydrogen-bond donors (Lipinski definition) is 1. The van der Waals surface area contributed by atoms with Gasteiger partial charge in [0.2, 0.25) is 0 Å². The Labute approximate surface area is 86.7 Å². The molecule has 0 radical (unpaired) electrons. The maximum Gasteiger partial charge on any atom is 0.306 e. The van der Waals surface area contributed by atoms with Crippen molar-refractivity contribution in [3.05, 3.63) is 0 Å². The van der Waals surface area contributed by atoms with Gasteiger partial charge in [0.15, 0.2) is 0 Å². The molecule has 0 amide bonds. The van der Waals surface area contributed by atoms with Gasteiger partial charge in [0, 0.05) is 0 Å². The molecular formula is C12H22O2. The van der Waals surface area contributed by atoms with Gasteiger partial charge in [-0.3, -0.25) is 4.79 Å². The summed E-state index contributed by atoms with van der Waals surface area (Å²) in [5.74, 6) is -0.641. The van der Waals surface area contributed by atoms with E-state index in [1.165, 1.54) is 38.5 Å². The van der Waals surface area contributed by atoms with Crippen molar-refractivity contribution in [2.45, 2.75) is 64.2 Å². The van der Waals surface area contributed by atoms with Crippen molar-refractivity contribution in [2.24, 2.45) is 5.92 Å². The number of carbonyl (C=O) groups is 1. The minimum absolute atomic E-state index is 0.0619. The van der Waals surface area contributed by atoms with Crippen molar-refractivity contribution in [1.29, 1.82) is 0 Å². The summed E-state index contributed by atoms with van der Waals surface area (Å²) < 4.78 is 0. The van der Waals surface area contributed by atoms with Gasteiger partial charge in [-0.25, -0.2) is 0 Å². The topological polar surface area (TPSA) is 37.3 Å². The zero-order valence-corrected chi connectivity index (χ0v) is 9.00. The summed E-state index contributed by atoms with van der Waals surface area (Å²) in [5.41, 5.74) is 0. The van der Waals surface area contributed by atoms with Crippen LogP contribution in [0.5, 0.6) is 0 Å². The fourth-order valence-corrected chi connectivity index (χ4v) is 2.23. The molecule has 1 saturated carbocycles. The van der Waals surface area contributed by atoms with E-state index in [9.17, 15) is 4.79 Å². The fraction of sp³-hybridized carbons (Fsp3) is 0.917. The van der Waals surface area contributed by atoms with Crippen LogP contribution in [-0.4, -0.2) is 11.1 Å². The SMILES string of the molecule is O=C(O)C1CCCCCCCCCC1. The van der Waals surface area contributed by atoms with Crippen LogP contribution in [0.25, 0.3) is 0 Å². The maximum atomic E-state index is 10.9. The summed E-state index contributed by atoms with van der Waals surface area (Å²) in [4.78, 5) is 10.9. The van der Waals surface area contributed by atoms with Crippen molar-refractivity contribution < 1.29 is 9.90 Å². The predicted molar refractivity (Wildman–Crippen MR) is 57.3 cm³/mol. The van der Waals surface area contributed by atoms with E-state index in [1.54, 1.807) is 0 Å². The van der Waals surface area contributed by atoms with Crippen molar-refractivity contribution in [2.75, 3.05) is 0 Å². The van der Waals surface area contributed by atoms with Crippen molar-refractivity contribution in [3.8, 4) is 0 Å². The van der Waals surface area contributed by atoms with Crippen LogP contribution < -0.4 is 0 Å². The highest BCUT2D eigenvalue weighted by molar-refractivity contribution is 5.69.